The minimum atomic E-state index is -4.62. The summed E-state index contributed by atoms with van der Waals surface area (Å²) in [6.07, 6.45) is -1.36. The van der Waals surface area contributed by atoms with Crippen molar-refractivity contribution in [1.82, 2.24) is 10.1 Å². The van der Waals surface area contributed by atoms with Crippen molar-refractivity contribution in [2.45, 2.75) is 51.2 Å². The zero-order valence-electron chi connectivity index (χ0n) is 10.3. The molecule has 0 amide bonds. The van der Waals surface area contributed by atoms with Crippen molar-refractivity contribution in [3.63, 3.8) is 0 Å². The number of alkyl halides is 3. The minimum Gasteiger partial charge on any atom is -0.329 e. The summed E-state index contributed by atoms with van der Waals surface area (Å²) >= 11 is 0. The van der Waals surface area contributed by atoms with Crippen molar-refractivity contribution in [1.29, 1.82) is 0 Å². The molecule has 0 saturated heterocycles. The van der Waals surface area contributed by atoms with E-state index in [9.17, 15) is 13.2 Å². The Balaban J connectivity index is 2.38. The number of nitrogens with zero attached hydrogens (tertiary/aromatic N) is 2. The van der Waals surface area contributed by atoms with E-state index in [2.05, 4.69) is 14.7 Å². The maximum absolute atomic E-state index is 12.4. The standard InChI is InChI=1S/C11H16F3N3O/c1-9(2)5-3-4-6-10(9,15)7-16-8(18-17-7)11(12,13)14/h3-6,15H2,1-2H3. The zero-order chi connectivity index (χ0) is 13.6. The lowest BCUT2D eigenvalue weighted by molar-refractivity contribution is -0.159. The smallest absolute Gasteiger partial charge is 0.329 e. The largest absolute Gasteiger partial charge is 0.471 e. The Morgan fingerprint density at radius 2 is 1.83 bits per heavy atom. The zero-order valence-corrected chi connectivity index (χ0v) is 10.3. The Kier molecular flexibility index (Phi) is 2.92. The normalized spacial score (nSPS) is 28.3. The van der Waals surface area contributed by atoms with Gasteiger partial charge in [0.15, 0.2) is 5.82 Å². The van der Waals surface area contributed by atoms with Crippen molar-refractivity contribution in [3.05, 3.63) is 11.7 Å². The molecule has 1 atom stereocenters. The molecule has 4 nitrogen and oxygen atoms in total. The van der Waals surface area contributed by atoms with Crippen LogP contribution in [0.25, 0.3) is 0 Å². The highest BCUT2D eigenvalue weighted by atomic mass is 19.4. The van der Waals surface area contributed by atoms with Gasteiger partial charge < -0.3 is 10.3 Å². The van der Waals surface area contributed by atoms with Gasteiger partial charge in [0.2, 0.25) is 0 Å². The molecule has 0 radical (unpaired) electrons. The minimum absolute atomic E-state index is 0.0421. The van der Waals surface area contributed by atoms with E-state index in [1.807, 2.05) is 13.8 Å². The quantitative estimate of drug-likeness (QED) is 0.846. The highest BCUT2D eigenvalue weighted by Crippen LogP contribution is 2.47. The molecule has 1 saturated carbocycles. The van der Waals surface area contributed by atoms with Crippen molar-refractivity contribution in [2.75, 3.05) is 0 Å². The van der Waals surface area contributed by atoms with Crippen molar-refractivity contribution in [3.8, 4) is 0 Å². The van der Waals surface area contributed by atoms with Crippen molar-refractivity contribution in [2.24, 2.45) is 11.1 Å². The van der Waals surface area contributed by atoms with Crippen LogP contribution in [0.1, 0.15) is 51.2 Å². The molecule has 102 valence electrons. The second kappa shape index (κ2) is 3.94. The number of hydrogen-bond acceptors (Lipinski definition) is 4. The van der Waals surface area contributed by atoms with E-state index in [-0.39, 0.29) is 11.2 Å². The van der Waals surface area contributed by atoms with Crippen LogP contribution in [0.5, 0.6) is 0 Å². The number of aromatic nitrogens is 2. The summed E-state index contributed by atoms with van der Waals surface area (Å²) in [4.78, 5) is 3.44. The van der Waals surface area contributed by atoms with Gasteiger partial charge in [-0.1, -0.05) is 31.8 Å². The summed E-state index contributed by atoms with van der Waals surface area (Å²) in [5, 5.41) is 3.44. The van der Waals surface area contributed by atoms with Crippen LogP contribution in [0.4, 0.5) is 13.2 Å². The Morgan fingerprint density at radius 1 is 1.22 bits per heavy atom. The summed E-state index contributed by atoms with van der Waals surface area (Å²) in [6.45, 7) is 3.85. The lowest BCUT2D eigenvalue weighted by Gasteiger charge is -2.45. The van der Waals surface area contributed by atoms with Gasteiger partial charge in [0.05, 0.1) is 5.54 Å². The van der Waals surface area contributed by atoms with Crippen LogP contribution in [0.15, 0.2) is 4.52 Å². The molecule has 18 heavy (non-hydrogen) atoms. The molecule has 1 fully saturated rings. The summed E-state index contributed by atoms with van der Waals surface area (Å²) in [5.74, 6) is -1.37. The van der Waals surface area contributed by atoms with Gasteiger partial charge in [0, 0.05) is 0 Å². The van der Waals surface area contributed by atoms with Gasteiger partial charge >= 0.3 is 12.1 Å². The molecule has 1 unspecified atom stereocenters. The first-order chi connectivity index (χ1) is 8.17. The van der Waals surface area contributed by atoms with Gasteiger partial charge in [-0.3, -0.25) is 0 Å². The van der Waals surface area contributed by atoms with Crippen LogP contribution in [0.2, 0.25) is 0 Å². The monoisotopic (exact) mass is 263 g/mol. The molecular formula is C11H16F3N3O. The fourth-order valence-electron chi connectivity index (χ4n) is 2.47. The molecule has 1 heterocycles. The van der Waals surface area contributed by atoms with Gasteiger partial charge in [-0.05, 0) is 18.3 Å². The van der Waals surface area contributed by atoms with Gasteiger partial charge in [-0.15, -0.1) is 0 Å². The molecule has 1 aromatic heterocycles. The molecule has 1 aliphatic rings. The molecule has 2 rings (SSSR count). The lowest BCUT2D eigenvalue weighted by atomic mass is 9.63. The van der Waals surface area contributed by atoms with Gasteiger partial charge in [-0.2, -0.15) is 18.2 Å². The molecule has 0 aliphatic heterocycles. The fraction of sp³-hybridized carbons (Fsp3) is 0.818. The van der Waals surface area contributed by atoms with E-state index in [1.54, 1.807) is 0 Å². The summed E-state index contributed by atoms with van der Waals surface area (Å²) in [7, 11) is 0. The molecule has 7 heteroatoms. The van der Waals surface area contributed by atoms with Gasteiger partial charge in [0.25, 0.3) is 0 Å². The number of halogens is 3. The van der Waals surface area contributed by atoms with Gasteiger partial charge in [-0.25, -0.2) is 0 Å². The third kappa shape index (κ3) is 2.00. The predicted octanol–water partition coefficient (Wildman–Crippen LogP) is 2.84. The summed E-state index contributed by atoms with van der Waals surface area (Å²) in [6, 6.07) is 0. The van der Waals surface area contributed by atoms with Crippen molar-refractivity contribution >= 4 is 0 Å². The average Bonchev–Trinajstić information content (AvgIpc) is 2.71. The van der Waals surface area contributed by atoms with Gasteiger partial charge in [0.1, 0.15) is 0 Å². The molecule has 1 aliphatic carbocycles. The number of rotatable bonds is 1. The predicted molar refractivity (Wildman–Crippen MR) is 57.4 cm³/mol. The molecule has 1 aromatic rings. The van der Waals surface area contributed by atoms with Crippen LogP contribution in [0, 0.1) is 5.41 Å². The fourth-order valence-corrected chi connectivity index (χ4v) is 2.47. The highest BCUT2D eigenvalue weighted by Gasteiger charge is 2.49. The molecule has 0 bridgehead atoms. The number of hydrogen-bond donors (Lipinski definition) is 1. The second-order valence-corrected chi connectivity index (χ2v) is 5.48. The Bertz CT molecular complexity index is 441. The molecular weight excluding hydrogens is 247 g/mol. The first-order valence-electron chi connectivity index (χ1n) is 5.87. The maximum atomic E-state index is 12.4. The first kappa shape index (κ1) is 13.3. The first-order valence-corrected chi connectivity index (χ1v) is 5.87. The van der Waals surface area contributed by atoms with E-state index >= 15 is 0 Å². The number of nitrogens with two attached hydrogens (primary N) is 1. The van der Waals surface area contributed by atoms with E-state index in [0.29, 0.717) is 6.42 Å². The van der Waals surface area contributed by atoms with E-state index in [0.717, 1.165) is 19.3 Å². The third-order valence-corrected chi connectivity index (χ3v) is 3.90. The summed E-state index contributed by atoms with van der Waals surface area (Å²) in [5.41, 5.74) is 4.95. The lowest BCUT2D eigenvalue weighted by Crippen LogP contribution is -2.52. The van der Waals surface area contributed by atoms with Crippen molar-refractivity contribution < 1.29 is 17.7 Å². The van der Waals surface area contributed by atoms with E-state index < -0.39 is 17.6 Å². The average molecular weight is 263 g/mol. The van der Waals surface area contributed by atoms with Crippen LogP contribution < -0.4 is 5.73 Å². The van der Waals surface area contributed by atoms with Crippen LogP contribution >= 0.6 is 0 Å². The van der Waals surface area contributed by atoms with Crippen LogP contribution in [0.3, 0.4) is 0 Å². The SMILES string of the molecule is CC1(C)CCCCC1(N)c1noc(C(F)(F)F)n1. The van der Waals surface area contributed by atoms with E-state index in [1.165, 1.54) is 0 Å². The van der Waals surface area contributed by atoms with Crippen LogP contribution in [-0.2, 0) is 11.7 Å². The summed E-state index contributed by atoms with van der Waals surface area (Å²) < 4.78 is 41.6. The Hall–Kier alpha value is -1.11. The third-order valence-electron chi connectivity index (χ3n) is 3.90. The molecule has 0 spiro atoms. The second-order valence-electron chi connectivity index (χ2n) is 5.48. The highest BCUT2D eigenvalue weighted by molar-refractivity contribution is 5.12. The Morgan fingerprint density at radius 3 is 2.33 bits per heavy atom. The van der Waals surface area contributed by atoms with E-state index in [4.69, 9.17) is 5.73 Å². The topological polar surface area (TPSA) is 64.9 Å². The molecule has 2 N–H and O–H groups in total. The Labute approximate surface area is 103 Å². The maximum Gasteiger partial charge on any atom is 0.471 e. The molecule has 0 aromatic carbocycles. The van der Waals surface area contributed by atoms with Crippen LogP contribution in [-0.4, -0.2) is 10.1 Å².